The van der Waals surface area contributed by atoms with Crippen molar-refractivity contribution in [3.63, 3.8) is 0 Å². The molecule has 0 aromatic heterocycles. The molecule has 2 rings (SSSR count). The van der Waals surface area contributed by atoms with Crippen LogP contribution in [0.4, 0.5) is 0 Å². The molecule has 2 aliphatic rings. The zero-order valence-electron chi connectivity index (χ0n) is 10.5. The van der Waals surface area contributed by atoms with Crippen LogP contribution in [-0.2, 0) is 0 Å². The van der Waals surface area contributed by atoms with E-state index in [9.17, 15) is 0 Å². The molecule has 0 aromatic carbocycles. The van der Waals surface area contributed by atoms with Crippen LogP contribution in [0.1, 0.15) is 6.42 Å². The van der Waals surface area contributed by atoms with Crippen molar-refractivity contribution < 1.29 is 0 Å². The largest absolute Gasteiger partial charge is 0.370 e. The highest BCUT2D eigenvalue weighted by atomic mass is 15.2. The van der Waals surface area contributed by atoms with Gasteiger partial charge >= 0.3 is 0 Å². The number of piperazine rings is 1. The maximum absolute atomic E-state index is 4.19. The van der Waals surface area contributed by atoms with E-state index in [0.29, 0.717) is 0 Å². The Hall–Kier alpha value is -1.07. The molecule has 0 bridgehead atoms. The summed E-state index contributed by atoms with van der Waals surface area (Å²) in [6.07, 6.45) is 4.82. The Kier molecular flexibility index (Phi) is 4.82. The third-order valence-corrected chi connectivity index (χ3v) is 3.17. The van der Waals surface area contributed by atoms with Gasteiger partial charge in [-0.3, -0.25) is 0 Å². The van der Waals surface area contributed by atoms with Gasteiger partial charge in [0.2, 0.25) is 0 Å². The number of aliphatic imine (C=N–C) groups is 1. The zero-order chi connectivity index (χ0) is 11.9. The minimum Gasteiger partial charge on any atom is -0.370 e. The minimum absolute atomic E-state index is 0.946. The molecule has 0 unspecified atom stereocenters. The molecule has 0 amide bonds. The van der Waals surface area contributed by atoms with Crippen molar-refractivity contribution in [1.82, 2.24) is 20.4 Å². The fraction of sp³-hybridized carbons (Fsp3) is 0.667. The second kappa shape index (κ2) is 6.61. The number of likely N-dealkylation sites (N-methyl/N-ethyl adjacent to an activating group) is 1. The summed E-state index contributed by atoms with van der Waals surface area (Å²) in [5.41, 5.74) is 0. The topological polar surface area (TPSA) is 42.9 Å². The maximum Gasteiger partial charge on any atom is 0.125 e. The van der Waals surface area contributed by atoms with E-state index in [2.05, 4.69) is 32.5 Å². The first kappa shape index (κ1) is 12.4. The lowest BCUT2D eigenvalue weighted by Gasteiger charge is -2.32. The van der Waals surface area contributed by atoms with Crippen LogP contribution in [0.5, 0.6) is 0 Å². The lowest BCUT2D eigenvalue weighted by atomic mass is 10.3. The van der Waals surface area contributed by atoms with Crippen molar-refractivity contribution in [1.29, 1.82) is 0 Å². The minimum atomic E-state index is 0.946. The van der Waals surface area contributed by atoms with Crippen LogP contribution < -0.4 is 10.6 Å². The first-order valence-corrected chi connectivity index (χ1v) is 6.31. The third kappa shape index (κ3) is 4.36. The van der Waals surface area contributed by atoms with E-state index in [4.69, 9.17) is 0 Å². The van der Waals surface area contributed by atoms with E-state index in [1.165, 1.54) is 39.1 Å². The fourth-order valence-electron chi connectivity index (χ4n) is 2.02. The number of nitrogens with one attached hydrogen (secondary N) is 2. The Balaban J connectivity index is 1.54. The van der Waals surface area contributed by atoms with Crippen molar-refractivity contribution in [3.8, 4) is 0 Å². The Morgan fingerprint density at radius 3 is 2.88 bits per heavy atom. The Morgan fingerprint density at radius 2 is 2.18 bits per heavy atom. The highest BCUT2D eigenvalue weighted by Gasteiger charge is 2.12. The van der Waals surface area contributed by atoms with Crippen LogP contribution in [0.3, 0.4) is 0 Å². The summed E-state index contributed by atoms with van der Waals surface area (Å²) >= 11 is 0. The van der Waals surface area contributed by atoms with Crippen LogP contribution in [0.2, 0.25) is 0 Å². The van der Waals surface area contributed by atoms with E-state index in [-0.39, 0.29) is 0 Å². The van der Waals surface area contributed by atoms with Gasteiger partial charge in [-0.25, -0.2) is 4.99 Å². The first-order chi connectivity index (χ1) is 8.34. The van der Waals surface area contributed by atoms with Crippen molar-refractivity contribution >= 4 is 6.34 Å². The lowest BCUT2D eigenvalue weighted by molar-refractivity contribution is 0.153. The summed E-state index contributed by atoms with van der Waals surface area (Å²) in [5.74, 6) is 0.946. The second-order valence-electron chi connectivity index (χ2n) is 4.57. The predicted octanol–water partition coefficient (Wildman–Crippen LogP) is -0.152. The number of nitrogens with zero attached hydrogens (tertiary/aromatic N) is 3. The standard InChI is InChI=1S/C12H22N5/c1-16-7-9-17(10-8-16)6-2-4-14-12-3-5-13-11-15-12/h3,5,11,14H,2,4,6-10H2,1H3,(H,13,15). The van der Waals surface area contributed by atoms with Crippen molar-refractivity contribution in [3.05, 3.63) is 18.4 Å². The van der Waals surface area contributed by atoms with Crippen LogP contribution >= 0.6 is 0 Å². The Bertz CT molecular complexity index is 279. The van der Waals surface area contributed by atoms with Gasteiger partial charge in [-0.2, -0.15) is 0 Å². The lowest BCUT2D eigenvalue weighted by Crippen LogP contribution is -2.45. The molecule has 0 aliphatic carbocycles. The van der Waals surface area contributed by atoms with E-state index < -0.39 is 0 Å². The third-order valence-electron chi connectivity index (χ3n) is 3.17. The molecule has 5 heteroatoms. The average molecular weight is 236 g/mol. The molecule has 1 saturated heterocycles. The van der Waals surface area contributed by atoms with Crippen LogP contribution in [0.15, 0.2) is 16.9 Å². The molecule has 0 saturated carbocycles. The number of hydrogen-bond acceptors (Lipinski definition) is 5. The summed E-state index contributed by atoms with van der Waals surface area (Å²) in [6.45, 7) is 8.86. The van der Waals surface area contributed by atoms with Gasteiger partial charge in [0.25, 0.3) is 0 Å². The summed E-state index contributed by atoms with van der Waals surface area (Å²) in [7, 11) is 2.19. The van der Waals surface area contributed by atoms with Gasteiger partial charge in [-0.1, -0.05) is 0 Å². The number of hydrogen-bond donors (Lipinski definition) is 2. The SMILES string of the molecule is CN1CCN(CCCNC2=C[CH]NC=N2)CC1. The maximum atomic E-state index is 4.19. The van der Waals surface area contributed by atoms with Gasteiger partial charge in [0, 0.05) is 32.7 Å². The van der Waals surface area contributed by atoms with Gasteiger partial charge in [0.1, 0.15) is 5.82 Å². The van der Waals surface area contributed by atoms with Crippen molar-refractivity contribution in [2.24, 2.45) is 4.99 Å². The molecule has 2 aliphatic heterocycles. The normalized spacial score (nSPS) is 22.1. The zero-order valence-corrected chi connectivity index (χ0v) is 10.5. The molecule has 0 aromatic rings. The van der Waals surface area contributed by atoms with E-state index >= 15 is 0 Å². The van der Waals surface area contributed by atoms with E-state index in [1.54, 1.807) is 6.34 Å². The summed E-state index contributed by atoms with van der Waals surface area (Å²) in [4.78, 5) is 9.11. The van der Waals surface area contributed by atoms with Crippen LogP contribution in [-0.4, -0.2) is 62.5 Å². The van der Waals surface area contributed by atoms with Gasteiger partial charge in [0.15, 0.2) is 0 Å². The average Bonchev–Trinajstić information content (AvgIpc) is 2.38. The summed E-state index contributed by atoms with van der Waals surface area (Å²) in [5, 5.41) is 6.24. The molecule has 5 nitrogen and oxygen atoms in total. The fourth-order valence-corrected chi connectivity index (χ4v) is 2.02. The number of rotatable bonds is 5. The van der Waals surface area contributed by atoms with Gasteiger partial charge < -0.3 is 20.4 Å². The van der Waals surface area contributed by atoms with Gasteiger partial charge in [-0.05, 0) is 26.1 Å². The van der Waals surface area contributed by atoms with E-state index in [0.717, 1.165) is 12.4 Å². The quantitative estimate of drug-likeness (QED) is 0.652. The van der Waals surface area contributed by atoms with Crippen molar-refractivity contribution in [2.45, 2.75) is 6.42 Å². The highest BCUT2D eigenvalue weighted by Crippen LogP contribution is 2.00. The molecular weight excluding hydrogens is 214 g/mol. The van der Waals surface area contributed by atoms with Crippen LogP contribution in [0.25, 0.3) is 0 Å². The molecule has 2 heterocycles. The van der Waals surface area contributed by atoms with Gasteiger partial charge in [-0.15, -0.1) is 0 Å². The monoisotopic (exact) mass is 236 g/mol. The first-order valence-electron chi connectivity index (χ1n) is 6.31. The Labute approximate surface area is 104 Å². The molecule has 95 valence electrons. The molecule has 1 radical (unpaired) electrons. The summed E-state index contributed by atoms with van der Waals surface area (Å²) < 4.78 is 0. The highest BCUT2D eigenvalue weighted by molar-refractivity contribution is 5.59. The second-order valence-corrected chi connectivity index (χ2v) is 4.57. The molecular formula is C12H22N5. The molecule has 0 atom stereocenters. The molecule has 2 N–H and O–H groups in total. The van der Waals surface area contributed by atoms with Gasteiger partial charge in [0.05, 0.1) is 12.9 Å². The molecule has 0 spiro atoms. The van der Waals surface area contributed by atoms with Crippen LogP contribution in [0, 0.1) is 6.54 Å². The summed E-state index contributed by atoms with van der Waals surface area (Å²) in [6, 6.07) is 0. The van der Waals surface area contributed by atoms with E-state index in [1.807, 2.05) is 12.6 Å². The predicted molar refractivity (Wildman–Crippen MR) is 70.6 cm³/mol. The Morgan fingerprint density at radius 1 is 1.35 bits per heavy atom. The molecule has 1 fully saturated rings. The molecule has 17 heavy (non-hydrogen) atoms. The smallest absolute Gasteiger partial charge is 0.125 e. The van der Waals surface area contributed by atoms with Crippen molar-refractivity contribution in [2.75, 3.05) is 46.3 Å².